The Bertz CT molecular complexity index is 521. The minimum atomic E-state index is -0.467. The molecular formula is C10H7FN4O. The molecule has 0 aliphatic carbocycles. The van der Waals surface area contributed by atoms with Gasteiger partial charge in [-0.3, -0.25) is 10.1 Å². The molecule has 0 spiro atoms. The number of nitrogens with zero attached hydrogens (tertiary/aromatic N) is 3. The third-order valence-electron chi connectivity index (χ3n) is 1.80. The van der Waals surface area contributed by atoms with E-state index in [1.54, 1.807) is 6.07 Å². The van der Waals surface area contributed by atoms with Crippen molar-refractivity contribution in [3.05, 3.63) is 42.4 Å². The van der Waals surface area contributed by atoms with Gasteiger partial charge in [0.15, 0.2) is 0 Å². The molecule has 0 bridgehead atoms. The van der Waals surface area contributed by atoms with Crippen LogP contribution >= 0.6 is 0 Å². The van der Waals surface area contributed by atoms with Crippen molar-refractivity contribution in [1.29, 1.82) is 0 Å². The zero-order valence-corrected chi connectivity index (χ0v) is 8.14. The summed E-state index contributed by atoms with van der Waals surface area (Å²) in [7, 11) is 0. The van der Waals surface area contributed by atoms with Crippen molar-refractivity contribution < 1.29 is 9.18 Å². The first-order valence-corrected chi connectivity index (χ1v) is 4.41. The number of aliphatic imine (C=N–C) groups is 1. The first-order chi connectivity index (χ1) is 7.65. The largest absolute Gasteiger partial charge is 0.288 e. The lowest BCUT2D eigenvalue weighted by Gasteiger charge is -2.07. The SMILES string of the molecule is C=C1N=NC(=Nc2cccc(F)c2)NC1=O. The Morgan fingerprint density at radius 3 is 2.88 bits per heavy atom. The molecule has 1 N–H and O–H groups in total. The van der Waals surface area contributed by atoms with Crippen molar-refractivity contribution in [3.8, 4) is 0 Å². The Morgan fingerprint density at radius 2 is 2.19 bits per heavy atom. The number of carbonyl (C=O) groups excluding carboxylic acids is 1. The predicted molar refractivity (Wildman–Crippen MR) is 55.6 cm³/mol. The maximum atomic E-state index is 12.8. The second-order valence-corrected chi connectivity index (χ2v) is 3.02. The van der Waals surface area contributed by atoms with Gasteiger partial charge in [-0.15, -0.1) is 10.2 Å². The minimum absolute atomic E-state index is 0.0122. The fourth-order valence-electron chi connectivity index (χ4n) is 1.07. The van der Waals surface area contributed by atoms with Crippen molar-refractivity contribution in [3.63, 3.8) is 0 Å². The van der Waals surface area contributed by atoms with Crippen LogP contribution in [0, 0.1) is 5.82 Å². The van der Waals surface area contributed by atoms with Gasteiger partial charge in [-0.05, 0) is 18.2 Å². The summed E-state index contributed by atoms with van der Waals surface area (Å²) in [6, 6.07) is 5.61. The summed E-state index contributed by atoms with van der Waals surface area (Å²) in [4.78, 5) is 15.0. The molecule has 5 nitrogen and oxygen atoms in total. The summed E-state index contributed by atoms with van der Waals surface area (Å²) >= 11 is 0. The molecule has 0 saturated heterocycles. The van der Waals surface area contributed by atoms with Gasteiger partial charge in [0.2, 0.25) is 5.96 Å². The molecule has 0 radical (unpaired) electrons. The summed E-state index contributed by atoms with van der Waals surface area (Å²) in [5, 5.41) is 9.47. The normalized spacial score (nSPS) is 17.7. The number of amides is 1. The summed E-state index contributed by atoms with van der Waals surface area (Å²) in [6.07, 6.45) is 0. The van der Waals surface area contributed by atoms with E-state index in [1.165, 1.54) is 18.2 Å². The number of hydrogen-bond acceptors (Lipinski definition) is 3. The van der Waals surface area contributed by atoms with Gasteiger partial charge in [0.25, 0.3) is 5.91 Å². The van der Waals surface area contributed by atoms with Crippen LogP contribution in [0.15, 0.2) is 51.8 Å². The number of nitrogens with one attached hydrogen (secondary N) is 1. The molecule has 1 aliphatic heterocycles. The van der Waals surface area contributed by atoms with Crippen LogP contribution in [0.3, 0.4) is 0 Å². The van der Waals surface area contributed by atoms with E-state index in [4.69, 9.17) is 0 Å². The number of carbonyl (C=O) groups is 1. The minimum Gasteiger partial charge on any atom is -0.288 e. The van der Waals surface area contributed by atoms with Crippen LogP contribution in [-0.4, -0.2) is 11.9 Å². The van der Waals surface area contributed by atoms with E-state index in [0.717, 1.165) is 0 Å². The van der Waals surface area contributed by atoms with Gasteiger partial charge < -0.3 is 0 Å². The average Bonchev–Trinajstić information content (AvgIpc) is 2.24. The van der Waals surface area contributed by atoms with Crippen LogP contribution in [0.5, 0.6) is 0 Å². The van der Waals surface area contributed by atoms with Crippen molar-refractivity contribution in [2.75, 3.05) is 0 Å². The third kappa shape index (κ3) is 2.17. The van der Waals surface area contributed by atoms with Gasteiger partial charge in [-0.2, -0.15) is 0 Å². The standard InChI is InChI=1S/C10H7FN4O/c1-6-9(16)13-10(15-14-6)12-8-4-2-3-7(11)5-8/h2-5H,1H2,(H,12,13,16). The van der Waals surface area contributed by atoms with Crippen molar-refractivity contribution in [2.45, 2.75) is 0 Å². The van der Waals surface area contributed by atoms with Gasteiger partial charge in [0.1, 0.15) is 11.5 Å². The van der Waals surface area contributed by atoms with Gasteiger partial charge in [0.05, 0.1) is 5.69 Å². The second-order valence-electron chi connectivity index (χ2n) is 3.02. The monoisotopic (exact) mass is 218 g/mol. The number of halogens is 1. The number of rotatable bonds is 1. The van der Waals surface area contributed by atoms with E-state index in [-0.39, 0.29) is 11.7 Å². The van der Waals surface area contributed by atoms with E-state index in [2.05, 4.69) is 27.1 Å². The first-order valence-electron chi connectivity index (χ1n) is 4.41. The highest BCUT2D eigenvalue weighted by Crippen LogP contribution is 2.14. The Kier molecular flexibility index (Phi) is 2.55. The molecular weight excluding hydrogens is 211 g/mol. The van der Waals surface area contributed by atoms with Crippen molar-refractivity contribution in [1.82, 2.24) is 5.32 Å². The number of guanidine groups is 1. The third-order valence-corrected chi connectivity index (χ3v) is 1.80. The highest BCUT2D eigenvalue weighted by atomic mass is 19.1. The van der Waals surface area contributed by atoms with Gasteiger partial charge in [0, 0.05) is 0 Å². The lowest BCUT2D eigenvalue weighted by atomic mass is 10.3. The molecule has 0 aromatic heterocycles. The van der Waals surface area contributed by atoms with Crippen LogP contribution in [-0.2, 0) is 4.79 Å². The van der Waals surface area contributed by atoms with Gasteiger partial charge >= 0.3 is 0 Å². The molecule has 1 heterocycles. The number of hydrogen-bond donors (Lipinski definition) is 1. The zero-order chi connectivity index (χ0) is 11.5. The van der Waals surface area contributed by atoms with Crippen LogP contribution in [0.4, 0.5) is 10.1 Å². The summed E-state index contributed by atoms with van der Waals surface area (Å²) in [5.74, 6) is -0.863. The Labute approximate surface area is 90.4 Å². The van der Waals surface area contributed by atoms with Crippen molar-refractivity contribution in [2.24, 2.45) is 15.2 Å². The highest BCUT2D eigenvalue weighted by Gasteiger charge is 2.14. The molecule has 0 atom stereocenters. The molecule has 16 heavy (non-hydrogen) atoms. The van der Waals surface area contributed by atoms with Gasteiger partial charge in [-0.1, -0.05) is 12.6 Å². The van der Waals surface area contributed by atoms with E-state index >= 15 is 0 Å². The van der Waals surface area contributed by atoms with E-state index < -0.39 is 11.7 Å². The maximum Gasteiger partial charge on any atom is 0.277 e. The smallest absolute Gasteiger partial charge is 0.277 e. The predicted octanol–water partition coefficient (Wildman–Crippen LogP) is 1.91. The first kappa shape index (κ1) is 10.2. The highest BCUT2D eigenvalue weighted by molar-refractivity contribution is 6.07. The number of azo groups is 1. The summed E-state index contributed by atoms with van der Waals surface area (Å²) in [6.45, 7) is 3.36. The molecule has 1 aliphatic rings. The molecule has 6 heteroatoms. The fraction of sp³-hybridized carbons (Fsp3) is 0. The molecule has 80 valence electrons. The lowest BCUT2D eigenvalue weighted by molar-refractivity contribution is -0.116. The molecule has 2 rings (SSSR count). The lowest BCUT2D eigenvalue weighted by Crippen LogP contribution is -2.32. The van der Waals surface area contributed by atoms with Crippen LogP contribution in [0.25, 0.3) is 0 Å². The summed E-state index contributed by atoms with van der Waals surface area (Å²) in [5.41, 5.74) is 0.361. The molecule has 1 aromatic rings. The Morgan fingerprint density at radius 1 is 1.38 bits per heavy atom. The Balaban J connectivity index is 2.29. The zero-order valence-electron chi connectivity index (χ0n) is 8.14. The number of benzene rings is 1. The fourth-order valence-corrected chi connectivity index (χ4v) is 1.07. The average molecular weight is 218 g/mol. The molecule has 0 unspecified atom stereocenters. The van der Waals surface area contributed by atoms with Gasteiger partial charge in [-0.25, -0.2) is 9.38 Å². The molecule has 1 aromatic carbocycles. The van der Waals surface area contributed by atoms with E-state index in [1.807, 2.05) is 0 Å². The van der Waals surface area contributed by atoms with Crippen molar-refractivity contribution >= 4 is 17.6 Å². The topological polar surface area (TPSA) is 66.2 Å². The van der Waals surface area contributed by atoms with Crippen LogP contribution < -0.4 is 5.32 Å². The maximum absolute atomic E-state index is 12.8. The van der Waals surface area contributed by atoms with Crippen LogP contribution in [0.1, 0.15) is 0 Å². The second kappa shape index (κ2) is 4.01. The molecule has 0 fully saturated rings. The van der Waals surface area contributed by atoms with E-state index in [9.17, 15) is 9.18 Å². The molecule has 1 amide bonds. The van der Waals surface area contributed by atoms with Crippen LogP contribution in [0.2, 0.25) is 0 Å². The Hall–Kier alpha value is -2.37. The quantitative estimate of drug-likeness (QED) is 0.719. The molecule has 0 saturated carbocycles. The van der Waals surface area contributed by atoms with E-state index in [0.29, 0.717) is 5.69 Å². The summed E-state index contributed by atoms with van der Waals surface area (Å²) < 4.78 is 12.8.